The Morgan fingerprint density at radius 2 is 2.04 bits per heavy atom. The topological polar surface area (TPSA) is 46.3 Å². The van der Waals surface area contributed by atoms with Crippen LogP contribution in [0.1, 0.15) is 30.4 Å². The molecule has 2 aromatic carbocycles. The third-order valence-corrected chi connectivity index (χ3v) is 5.36. The van der Waals surface area contributed by atoms with Gasteiger partial charge in [0.15, 0.2) is 0 Å². The van der Waals surface area contributed by atoms with Crippen LogP contribution in [0.5, 0.6) is 5.75 Å². The molecule has 3 aromatic rings. The lowest BCUT2D eigenvalue weighted by Gasteiger charge is -2.12. The maximum absolute atomic E-state index is 5.96. The summed E-state index contributed by atoms with van der Waals surface area (Å²) in [4.78, 5) is 0. The molecule has 0 unspecified atom stereocenters. The predicted octanol–water partition coefficient (Wildman–Crippen LogP) is 5.80. The molecule has 1 aromatic heterocycles. The smallest absolute Gasteiger partial charge is 0.119 e. The summed E-state index contributed by atoms with van der Waals surface area (Å²) in [5.74, 6) is 7.24. The van der Waals surface area contributed by atoms with Gasteiger partial charge in [0.25, 0.3) is 0 Å². The van der Waals surface area contributed by atoms with Crippen molar-refractivity contribution in [1.29, 1.82) is 0 Å². The highest BCUT2D eigenvalue weighted by molar-refractivity contribution is 7.17. The van der Waals surface area contributed by atoms with Crippen molar-refractivity contribution in [3.8, 4) is 17.6 Å². The Labute approximate surface area is 162 Å². The lowest BCUT2D eigenvalue weighted by molar-refractivity contribution is 0.306. The van der Waals surface area contributed by atoms with Gasteiger partial charge in [0.1, 0.15) is 18.9 Å². The van der Waals surface area contributed by atoms with Crippen molar-refractivity contribution in [2.45, 2.75) is 25.9 Å². The lowest BCUT2D eigenvalue weighted by Crippen LogP contribution is -2.07. The van der Waals surface area contributed by atoms with Crippen LogP contribution in [-0.2, 0) is 6.61 Å². The van der Waals surface area contributed by atoms with E-state index < -0.39 is 0 Å². The highest BCUT2D eigenvalue weighted by atomic mass is 32.1. The number of fused-ring (bicyclic) bond motifs is 1. The number of hydrogen-bond acceptors (Lipinski definition) is 5. The molecular weight excluding hydrogens is 354 g/mol. The first-order valence-corrected chi connectivity index (χ1v) is 9.73. The molecule has 1 atom stereocenters. The first-order valence-electron chi connectivity index (χ1n) is 8.85. The minimum absolute atomic E-state index is 0.104. The van der Waals surface area contributed by atoms with E-state index in [0.717, 1.165) is 23.4 Å². The molecule has 0 N–H and O–H groups in total. The summed E-state index contributed by atoms with van der Waals surface area (Å²) in [6, 6.07) is 16.8. The van der Waals surface area contributed by atoms with Crippen LogP contribution in [0.15, 0.2) is 69.3 Å². The summed E-state index contributed by atoms with van der Waals surface area (Å²) in [5, 5.41) is 15.1. The fourth-order valence-corrected chi connectivity index (χ4v) is 3.85. The molecule has 0 amide bonds. The first-order chi connectivity index (χ1) is 13.3. The van der Waals surface area contributed by atoms with Crippen LogP contribution in [0.25, 0.3) is 10.1 Å². The van der Waals surface area contributed by atoms with Crippen molar-refractivity contribution in [3.63, 3.8) is 0 Å². The molecule has 5 heteroatoms. The fraction of sp³-hybridized carbons (Fsp3) is 0.227. The van der Waals surface area contributed by atoms with Crippen LogP contribution in [0.4, 0.5) is 0 Å². The summed E-state index contributed by atoms with van der Waals surface area (Å²) in [6.07, 6.45) is 0.759. The van der Waals surface area contributed by atoms with Crippen LogP contribution in [0.2, 0.25) is 0 Å². The summed E-state index contributed by atoms with van der Waals surface area (Å²) in [7, 11) is 0. The van der Waals surface area contributed by atoms with E-state index in [2.05, 4.69) is 69.1 Å². The number of nitrogens with zero attached hydrogens (tertiary/aromatic N) is 3. The number of ether oxygens (including phenoxy) is 1. The van der Waals surface area contributed by atoms with Gasteiger partial charge in [-0.1, -0.05) is 24.1 Å². The van der Waals surface area contributed by atoms with Gasteiger partial charge in [0.2, 0.25) is 0 Å². The highest BCUT2D eigenvalue weighted by Crippen LogP contribution is 2.25. The molecule has 0 saturated carbocycles. The Morgan fingerprint density at radius 1 is 1.15 bits per heavy atom. The molecular formula is C22H19N3OS. The summed E-state index contributed by atoms with van der Waals surface area (Å²) < 4.78 is 7.26. The largest absolute Gasteiger partial charge is 0.489 e. The fourth-order valence-electron chi connectivity index (χ4n) is 3.08. The van der Waals surface area contributed by atoms with E-state index >= 15 is 0 Å². The minimum atomic E-state index is 0.104. The van der Waals surface area contributed by atoms with Crippen molar-refractivity contribution >= 4 is 27.1 Å². The van der Waals surface area contributed by atoms with Gasteiger partial charge >= 0.3 is 0 Å². The Hall–Kier alpha value is -2.97. The van der Waals surface area contributed by atoms with Crippen molar-refractivity contribution in [2.75, 3.05) is 6.54 Å². The predicted molar refractivity (Wildman–Crippen MR) is 111 cm³/mol. The molecule has 2 heterocycles. The molecule has 1 aliphatic heterocycles. The van der Waals surface area contributed by atoms with Crippen LogP contribution in [-0.4, -0.2) is 12.3 Å². The summed E-state index contributed by atoms with van der Waals surface area (Å²) in [5.41, 5.74) is 3.31. The highest BCUT2D eigenvalue weighted by Gasteiger charge is 2.14. The van der Waals surface area contributed by atoms with Gasteiger partial charge in [-0.2, -0.15) is 5.11 Å². The average molecular weight is 373 g/mol. The SMILES string of the molecule is CC#C[C@@H](CC1=NN=NC1)c1ccc(OCc2ccc3sccc3c2)cc1. The molecule has 4 rings (SSSR count). The summed E-state index contributed by atoms with van der Waals surface area (Å²) in [6.45, 7) is 3.00. The third kappa shape index (κ3) is 4.24. The molecule has 134 valence electrons. The van der Waals surface area contributed by atoms with Gasteiger partial charge in [-0.15, -0.1) is 22.4 Å². The monoisotopic (exact) mass is 373 g/mol. The van der Waals surface area contributed by atoms with Gasteiger partial charge in [-0.25, -0.2) is 0 Å². The molecule has 4 nitrogen and oxygen atoms in total. The standard InChI is InChI=1S/C22H19N3OS/c1-2-3-18(13-20-14-23-25-24-20)17-5-7-21(8-6-17)26-15-16-4-9-22-19(12-16)10-11-27-22/h4-12,18H,13-15H2,1H3/t18-/m0/s1. The zero-order valence-electron chi connectivity index (χ0n) is 15.1. The third-order valence-electron chi connectivity index (χ3n) is 4.47. The second kappa shape index (κ2) is 8.15. The number of benzene rings is 2. The Bertz CT molecular complexity index is 1050. The molecule has 0 saturated heterocycles. The quantitative estimate of drug-likeness (QED) is 0.504. The molecule has 27 heavy (non-hydrogen) atoms. The van der Waals surface area contributed by atoms with Crippen LogP contribution in [0.3, 0.4) is 0 Å². The molecule has 0 bridgehead atoms. The Morgan fingerprint density at radius 3 is 2.81 bits per heavy atom. The minimum Gasteiger partial charge on any atom is -0.489 e. The van der Waals surface area contributed by atoms with Gasteiger partial charge in [0, 0.05) is 11.1 Å². The van der Waals surface area contributed by atoms with Crippen LogP contribution in [0, 0.1) is 11.8 Å². The average Bonchev–Trinajstić information content (AvgIpc) is 3.38. The normalized spacial score (nSPS) is 13.9. The van der Waals surface area contributed by atoms with E-state index in [0.29, 0.717) is 13.2 Å². The van der Waals surface area contributed by atoms with Crippen LogP contribution < -0.4 is 4.74 Å². The van der Waals surface area contributed by atoms with E-state index in [1.165, 1.54) is 15.6 Å². The molecule has 0 fully saturated rings. The zero-order valence-corrected chi connectivity index (χ0v) is 15.9. The zero-order chi connectivity index (χ0) is 18.5. The van der Waals surface area contributed by atoms with E-state index in [4.69, 9.17) is 4.74 Å². The first kappa shape index (κ1) is 17.4. The van der Waals surface area contributed by atoms with Crippen molar-refractivity contribution in [3.05, 3.63) is 65.0 Å². The lowest BCUT2D eigenvalue weighted by atomic mass is 9.94. The van der Waals surface area contributed by atoms with Crippen molar-refractivity contribution in [2.24, 2.45) is 15.4 Å². The molecule has 0 radical (unpaired) electrons. The molecule has 0 aliphatic carbocycles. The number of rotatable bonds is 6. The van der Waals surface area contributed by atoms with E-state index in [1.54, 1.807) is 11.3 Å². The van der Waals surface area contributed by atoms with Crippen molar-refractivity contribution in [1.82, 2.24) is 0 Å². The Balaban J connectivity index is 1.41. The van der Waals surface area contributed by atoms with Gasteiger partial charge in [-0.05, 0) is 64.4 Å². The molecule has 0 spiro atoms. The van der Waals surface area contributed by atoms with Gasteiger partial charge in [0.05, 0.1) is 11.6 Å². The van der Waals surface area contributed by atoms with Crippen molar-refractivity contribution < 1.29 is 4.74 Å². The van der Waals surface area contributed by atoms with E-state index in [1.807, 2.05) is 19.1 Å². The number of thiophene rings is 1. The maximum atomic E-state index is 5.96. The summed E-state index contributed by atoms with van der Waals surface area (Å²) >= 11 is 1.76. The molecule has 1 aliphatic rings. The second-order valence-electron chi connectivity index (χ2n) is 6.36. The van der Waals surface area contributed by atoms with E-state index in [-0.39, 0.29) is 5.92 Å². The van der Waals surface area contributed by atoms with Crippen LogP contribution >= 0.6 is 11.3 Å². The second-order valence-corrected chi connectivity index (χ2v) is 7.30. The number of hydrogen-bond donors (Lipinski definition) is 0. The van der Waals surface area contributed by atoms with E-state index in [9.17, 15) is 0 Å². The maximum Gasteiger partial charge on any atom is 0.119 e. The van der Waals surface area contributed by atoms with Gasteiger partial charge in [-0.3, -0.25) is 0 Å². The Kier molecular flexibility index (Phi) is 5.27. The van der Waals surface area contributed by atoms with Gasteiger partial charge < -0.3 is 4.74 Å².